The van der Waals surface area contributed by atoms with Gasteiger partial charge in [-0.05, 0) is 47.4 Å². The number of aromatic nitrogens is 1. The molecule has 12 heteroatoms. The summed E-state index contributed by atoms with van der Waals surface area (Å²) >= 11 is 6.43. The summed E-state index contributed by atoms with van der Waals surface area (Å²) in [6, 6.07) is 19.4. The highest BCUT2D eigenvalue weighted by atomic mass is 35.5. The Kier molecular flexibility index (Phi) is 10.9. The number of hydrogen-bond donors (Lipinski definition) is 1. The third-order valence-corrected chi connectivity index (χ3v) is 9.59. The van der Waals surface area contributed by atoms with E-state index in [-0.39, 0.29) is 24.3 Å². The maximum Gasteiger partial charge on any atom is 0.493 e. The Morgan fingerprint density at radius 3 is 1.90 bits per heavy atom. The van der Waals surface area contributed by atoms with E-state index in [0.29, 0.717) is 48.8 Å². The van der Waals surface area contributed by atoms with Gasteiger partial charge in [0, 0.05) is 98.7 Å². The van der Waals surface area contributed by atoms with Crippen LogP contribution in [0, 0.1) is 17.3 Å². The molecule has 1 aromatic heterocycles. The quantitative estimate of drug-likeness (QED) is 0.182. The summed E-state index contributed by atoms with van der Waals surface area (Å²) in [5.41, 5.74) is 4.37. The van der Waals surface area contributed by atoms with Crippen molar-refractivity contribution in [2.24, 2.45) is 17.3 Å². The highest BCUT2D eigenvalue weighted by Gasteiger charge is 2.34. The van der Waals surface area contributed by atoms with Crippen molar-refractivity contribution < 1.29 is 33.2 Å². The lowest BCUT2D eigenvalue weighted by atomic mass is 9.76. The highest BCUT2D eigenvalue weighted by Crippen LogP contribution is 2.34. The minimum absolute atomic E-state index is 0.0794. The molecule has 3 saturated heterocycles. The number of nitrogens with zero attached hydrogens (tertiary/aromatic N) is 2. The van der Waals surface area contributed by atoms with E-state index in [2.05, 4.69) is 18.8 Å². The van der Waals surface area contributed by atoms with Crippen molar-refractivity contribution in [1.82, 2.24) is 14.8 Å². The number of aromatic amines is 1. The lowest BCUT2D eigenvalue weighted by Crippen LogP contribution is -2.51. The Hall–Kier alpha value is -4.32. The zero-order valence-corrected chi connectivity index (χ0v) is 29.7. The van der Waals surface area contributed by atoms with Crippen molar-refractivity contribution in [3.63, 3.8) is 0 Å². The molecule has 10 nitrogen and oxygen atoms in total. The van der Waals surface area contributed by atoms with Gasteiger partial charge >= 0.3 is 7.12 Å². The van der Waals surface area contributed by atoms with Crippen molar-refractivity contribution in [2.45, 2.75) is 27.7 Å². The average molecular weight is 700 g/mol. The molecule has 0 bridgehead atoms. The predicted molar refractivity (Wildman–Crippen MR) is 194 cm³/mol. The number of halogens is 1. The van der Waals surface area contributed by atoms with E-state index in [1.807, 2.05) is 70.5 Å². The van der Waals surface area contributed by atoms with Gasteiger partial charge in [-0.15, -0.1) is 0 Å². The Balaban J connectivity index is 0.000000175. The third-order valence-electron chi connectivity index (χ3n) is 9.27. The number of hydrogen-bond acceptors (Lipinski definition) is 7. The van der Waals surface area contributed by atoms with Crippen molar-refractivity contribution in [3.8, 4) is 22.6 Å². The van der Waals surface area contributed by atoms with E-state index in [0.717, 1.165) is 71.5 Å². The molecular weight excluding hydrogens is 657 g/mol. The number of fused-ring (bicyclic) bond motifs is 1. The molecule has 0 spiro atoms. The topological polar surface area (TPSA) is 110 Å². The molecule has 2 amide bonds. The smallest absolute Gasteiger partial charge is 0.493 e. The number of benzene rings is 3. The molecule has 3 fully saturated rings. The standard InChI is InChI=1S/C21H19ClN2O3.C17H24BNO4/c1-13(26)24-9-14(10-24)12-27-17-4-2-15(3-5-17)18-6-19-16(11-25)8-23-21(19)7-20(18)22;1-13(20)19-8-14(9-19)10-21-16-6-4-15(5-7-16)18-22-11-17(2,3)12-23-18/h2-8,11,14,23H,9-10,12H2,1H3;4-7,14H,8-12H2,1-3H3. The SMILES string of the molecule is CC(=O)N1CC(COc2ccc(-c3cc4c(C=O)c[nH]c4cc3Cl)cc2)C1.CC(=O)N1CC(COc2ccc(B3OCC(C)(C)CO3)cc2)C1. The molecule has 0 saturated carbocycles. The van der Waals surface area contributed by atoms with Gasteiger partial charge < -0.3 is 33.6 Å². The molecule has 4 aromatic rings. The van der Waals surface area contributed by atoms with Crippen molar-refractivity contribution in [2.75, 3.05) is 52.6 Å². The summed E-state index contributed by atoms with van der Waals surface area (Å²) in [6.45, 7) is 13.2. The Bertz CT molecular complexity index is 1810. The van der Waals surface area contributed by atoms with Crippen LogP contribution in [0.3, 0.4) is 0 Å². The van der Waals surface area contributed by atoms with E-state index < -0.39 is 0 Å². The lowest BCUT2D eigenvalue weighted by molar-refractivity contribution is -0.136. The monoisotopic (exact) mass is 699 g/mol. The number of carbonyl (C=O) groups excluding carboxylic acids is 3. The van der Waals surface area contributed by atoms with Gasteiger partial charge in [0.1, 0.15) is 11.5 Å². The van der Waals surface area contributed by atoms with Crippen LogP contribution in [0.5, 0.6) is 11.5 Å². The number of rotatable bonds is 9. The van der Waals surface area contributed by atoms with Gasteiger partial charge in [-0.3, -0.25) is 14.4 Å². The minimum Gasteiger partial charge on any atom is -0.493 e. The van der Waals surface area contributed by atoms with E-state index in [1.165, 1.54) is 0 Å². The summed E-state index contributed by atoms with van der Waals surface area (Å²) in [6.07, 6.45) is 2.52. The van der Waals surface area contributed by atoms with Crippen LogP contribution in [0.25, 0.3) is 22.0 Å². The zero-order chi connectivity index (χ0) is 35.4. The molecule has 0 aliphatic carbocycles. The van der Waals surface area contributed by atoms with Crippen LogP contribution in [0.1, 0.15) is 38.1 Å². The second-order valence-corrected chi connectivity index (χ2v) is 14.6. The van der Waals surface area contributed by atoms with E-state index >= 15 is 0 Å². The van der Waals surface area contributed by atoms with Crippen LogP contribution >= 0.6 is 11.6 Å². The summed E-state index contributed by atoms with van der Waals surface area (Å²) in [7, 11) is -0.284. The lowest BCUT2D eigenvalue weighted by Gasteiger charge is -2.38. The van der Waals surface area contributed by atoms with E-state index in [4.69, 9.17) is 30.4 Å². The highest BCUT2D eigenvalue weighted by molar-refractivity contribution is 6.61. The molecule has 1 N–H and O–H groups in total. The number of aldehydes is 1. The fraction of sp³-hybridized carbons (Fsp3) is 0.395. The molecule has 7 rings (SSSR count). The Morgan fingerprint density at radius 2 is 1.40 bits per heavy atom. The molecule has 0 unspecified atom stereocenters. The normalized spacial score (nSPS) is 17.3. The molecule has 4 heterocycles. The first-order valence-corrected chi connectivity index (χ1v) is 17.3. The first-order valence-electron chi connectivity index (χ1n) is 16.9. The maximum atomic E-state index is 11.2. The van der Waals surface area contributed by atoms with Crippen LogP contribution in [0.4, 0.5) is 0 Å². The Morgan fingerprint density at radius 1 is 0.880 bits per heavy atom. The predicted octanol–water partition coefficient (Wildman–Crippen LogP) is 5.47. The summed E-state index contributed by atoms with van der Waals surface area (Å²) in [4.78, 5) is 40.2. The molecule has 3 aliphatic heterocycles. The number of nitrogens with one attached hydrogen (secondary N) is 1. The van der Waals surface area contributed by atoms with Crippen LogP contribution < -0.4 is 14.9 Å². The van der Waals surface area contributed by atoms with Gasteiger partial charge in [-0.2, -0.15) is 0 Å². The number of H-pyrrole nitrogens is 1. The van der Waals surface area contributed by atoms with Gasteiger partial charge in [0.2, 0.25) is 11.8 Å². The minimum atomic E-state index is -0.284. The number of ether oxygens (including phenoxy) is 2. The fourth-order valence-electron chi connectivity index (χ4n) is 6.11. The number of carbonyl (C=O) groups is 3. The summed E-state index contributed by atoms with van der Waals surface area (Å²) < 4.78 is 23.2. The van der Waals surface area contributed by atoms with Crippen molar-refractivity contribution >= 4 is 53.2 Å². The second kappa shape index (κ2) is 15.3. The number of likely N-dealkylation sites (tertiary alicyclic amines) is 2. The van der Waals surface area contributed by atoms with Gasteiger partial charge in [0.25, 0.3) is 0 Å². The average Bonchev–Trinajstić information content (AvgIpc) is 3.45. The van der Waals surface area contributed by atoms with Crippen LogP contribution in [-0.2, 0) is 18.9 Å². The molecule has 3 aliphatic rings. The zero-order valence-electron chi connectivity index (χ0n) is 28.9. The maximum absolute atomic E-state index is 11.2. The third kappa shape index (κ3) is 8.51. The van der Waals surface area contributed by atoms with Crippen LogP contribution in [0.15, 0.2) is 66.9 Å². The Labute approximate surface area is 298 Å². The van der Waals surface area contributed by atoms with Crippen molar-refractivity contribution in [3.05, 3.63) is 77.4 Å². The second-order valence-electron chi connectivity index (χ2n) is 14.2. The summed E-state index contributed by atoms with van der Waals surface area (Å²) in [5, 5.41) is 1.47. The first kappa shape index (κ1) is 35.5. The molecule has 50 heavy (non-hydrogen) atoms. The number of amides is 2. The van der Waals surface area contributed by atoms with Gasteiger partial charge in [-0.25, -0.2) is 0 Å². The molecule has 0 atom stereocenters. The largest absolute Gasteiger partial charge is 0.493 e. The molecule has 0 radical (unpaired) electrons. The van der Waals surface area contributed by atoms with Gasteiger partial charge in [0.15, 0.2) is 6.29 Å². The molecular formula is C38H43BClN3O7. The fourth-order valence-corrected chi connectivity index (χ4v) is 6.39. The van der Waals surface area contributed by atoms with Gasteiger partial charge in [-0.1, -0.05) is 49.7 Å². The first-order chi connectivity index (χ1) is 24.0. The van der Waals surface area contributed by atoms with Crippen molar-refractivity contribution in [1.29, 1.82) is 0 Å². The van der Waals surface area contributed by atoms with Gasteiger partial charge in [0.05, 0.1) is 18.2 Å². The molecule has 3 aromatic carbocycles. The van der Waals surface area contributed by atoms with E-state index in [9.17, 15) is 14.4 Å². The van der Waals surface area contributed by atoms with Crippen LogP contribution in [0.2, 0.25) is 5.02 Å². The van der Waals surface area contributed by atoms with E-state index in [1.54, 1.807) is 20.0 Å². The summed E-state index contributed by atoms with van der Waals surface area (Å²) in [5.74, 6) is 2.70. The van der Waals surface area contributed by atoms with Crippen LogP contribution in [-0.4, -0.2) is 92.6 Å². The molecule has 262 valence electrons.